The molecular formula is C22H26O4. The SMILES string of the molecule is CCC(OC(=O)c1ccc(C)cc1)C(C)COC(=O)c1ccc(C)cc1. The van der Waals surface area contributed by atoms with Gasteiger partial charge in [-0.1, -0.05) is 49.2 Å². The minimum atomic E-state index is -0.364. The zero-order valence-corrected chi connectivity index (χ0v) is 15.8. The molecule has 2 rings (SSSR count). The number of carbonyl (C=O) groups is 2. The maximum Gasteiger partial charge on any atom is 0.338 e. The van der Waals surface area contributed by atoms with Gasteiger partial charge in [0.05, 0.1) is 17.7 Å². The van der Waals surface area contributed by atoms with Crippen molar-refractivity contribution < 1.29 is 19.1 Å². The largest absolute Gasteiger partial charge is 0.462 e. The van der Waals surface area contributed by atoms with Gasteiger partial charge in [-0.25, -0.2) is 9.59 Å². The zero-order chi connectivity index (χ0) is 19.1. The molecule has 0 fully saturated rings. The van der Waals surface area contributed by atoms with Crippen molar-refractivity contribution in [3.8, 4) is 0 Å². The Morgan fingerprint density at radius 3 is 1.77 bits per heavy atom. The van der Waals surface area contributed by atoms with Gasteiger partial charge in [-0.05, 0) is 44.5 Å². The third-order valence-corrected chi connectivity index (χ3v) is 4.35. The molecule has 0 saturated heterocycles. The Bertz CT molecular complexity index is 732. The van der Waals surface area contributed by atoms with Gasteiger partial charge in [-0.15, -0.1) is 0 Å². The van der Waals surface area contributed by atoms with Crippen LogP contribution in [0.5, 0.6) is 0 Å². The van der Waals surface area contributed by atoms with Crippen molar-refractivity contribution in [2.45, 2.75) is 40.2 Å². The fraction of sp³-hybridized carbons (Fsp3) is 0.364. The molecule has 0 spiro atoms. The maximum absolute atomic E-state index is 12.3. The van der Waals surface area contributed by atoms with Crippen LogP contribution in [-0.2, 0) is 9.47 Å². The van der Waals surface area contributed by atoms with Crippen LogP contribution < -0.4 is 0 Å². The molecule has 0 aliphatic carbocycles. The topological polar surface area (TPSA) is 52.6 Å². The van der Waals surface area contributed by atoms with Crippen LogP contribution in [0.4, 0.5) is 0 Å². The first-order valence-electron chi connectivity index (χ1n) is 8.92. The lowest BCUT2D eigenvalue weighted by molar-refractivity contribution is -0.00152. The summed E-state index contributed by atoms with van der Waals surface area (Å²) < 4.78 is 11.0. The molecule has 0 amide bonds. The summed E-state index contributed by atoms with van der Waals surface area (Å²) in [7, 11) is 0. The molecule has 2 aromatic rings. The second-order valence-electron chi connectivity index (χ2n) is 6.66. The maximum atomic E-state index is 12.3. The van der Waals surface area contributed by atoms with Crippen molar-refractivity contribution in [1.82, 2.24) is 0 Å². The lowest BCUT2D eigenvalue weighted by Gasteiger charge is -2.23. The quantitative estimate of drug-likeness (QED) is 0.674. The highest BCUT2D eigenvalue weighted by Crippen LogP contribution is 2.16. The van der Waals surface area contributed by atoms with Gasteiger partial charge >= 0.3 is 11.9 Å². The summed E-state index contributed by atoms with van der Waals surface area (Å²) in [4.78, 5) is 24.4. The molecule has 4 heteroatoms. The summed E-state index contributed by atoms with van der Waals surface area (Å²) in [5.74, 6) is -0.811. The number of rotatable bonds is 7. The molecule has 0 heterocycles. The molecule has 0 aromatic heterocycles. The molecule has 2 unspecified atom stereocenters. The van der Waals surface area contributed by atoms with Crippen LogP contribution >= 0.6 is 0 Å². The molecule has 0 N–H and O–H groups in total. The van der Waals surface area contributed by atoms with Gasteiger partial charge in [-0.2, -0.15) is 0 Å². The molecule has 0 radical (unpaired) electrons. The molecule has 0 saturated carbocycles. The molecule has 138 valence electrons. The first-order valence-corrected chi connectivity index (χ1v) is 8.92. The van der Waals surface area contributed by atoms with Gasteiger partial charge in [0.1, 0.15) is 6.10 Å². The molecule has 4 nitrogen and oxygen atoms in total. The predicted molar refractivity (Wildman–Crippen MR) is 101 cm³/mol. The number of hydrogen-bond acceptors (Lipinski definition) is 4. The van der Waals surface area contributed by atoms with Crippen molar-refractivity contribution in [3.05, 3.63) is 70.8 Å². The van der Waals surface area contributed by atoms with E-state index in [1.807, 2.05) is 52.0 Å². The van der Waals surface area contributed by atoms with Crippen molar-refractivity contribution in [1.29, 1.82) is 0 Å². The second kappa shape index (κ2) is 9.18. The van der Waals surface area contributed by atoms with E-state index in [2.05, 4.69) is 0 Å². The van der Waals surface area contributed by atoms with Crippen LogP contribution in [0.1, 0.15) is 52.1 Å². The summed E-state index contributed by atoms with van der Waals surface area (Å²) in [5, 5.41) is 0. The smallest absolute Gasteiger partial charge is 0.338 e. The number of esters is 2. The molecule has 26 heavy (non-hydrogen) atoms. The van der Waals surface area contributed by atoms with Gasteiger partial charge in [0.25, 0.3) is 0 Å². The average Bonchev–Trinajstić information content (AvgIpc) is 2.64. The van der Waals surface area contributed by atoms with Crippen molar-refractivity contribution in [2.24, 2.45) is 5.92 Å². The molecule has 0 bridgehead atoms. The number of ether oxygens (including phenoxy) is 2. The van der Waals surface area contributed by atoms with E-state index in [1.165, 1.54) is 0 Å². The third kappa shape index (κ3) is 5.45. The van der Waals surface area contributed by atoms with Gasteiger partial charge in [0.15, 0.2) is 0 Å². The Morgan fingerprint density at radius 2 is 1.31 bits per heavy atom. The summed E-state index contributed by atoms with van der Waals surface area (Å²) in [6.45, 7) is 8.00. The Hall–Kier alpha value is -2.62. The van der Waals surface area contributed by atoms with Gasteiger partial charge in [0.2, 0.25) is 0 Å². The number of aryl methyl sites for hydroxylation is 2. The monoisotopic (exact) mass is 354 g/mol. The molecule has 2 atom stereocenters. The van der Waals surface area contributed by atoms with Gasteiger partial charge in [-0.3, -0.25) is 0 Å². The standard InChI is InChI=1S/C22H26O4/c1-5-20(26-22(24)19-12-8-16(3)9-13-19)17(4)14-25-21(23)18-10-6-15(2)7-11-18/h6-13,17,20H,5,14H2,1-4H3. The van der Waals surface area contributed by atoms with Crippen LogP contribution in [0.25, 0.3) is 0 Å². The number of carbonyl (C=O) groups excluding carboxylic acids is 2. The Balaban J connectivity index is 1.90. The highest BCUT2D eigenvalue weighted by Gasteiger charge is 2.22. The van der Waals surface area contributed by atoms with E-state index in [0.717, 1.165) is 11.1 Å². The van der Waals surface area contributed by atoms with Crippen molar-refractivity contribution in [3.63, 3.8) is 0 Å². The Morgan fingerprint density at radius 1 is 0.846 bits per heavy atom. The van der Waals surface area contributed by atoms with E-state index in [-0.39, 0.29) is 30.6 Å². The lowest BCUT2D eigenvalue weighted by Crippen LogP contribution is -2.28. The fourth-order valence-electron chi connectivity index (χ4n) is 2.58. The highest BCUT2D eigenvalue weighted by molar-refractivity contribution is 5.90. The van der Waals surface area contributed by atoms with Crippen molar-refractivity contribution in [2.75, 3.05) is 6.61 Å². The highest BCUT2D eigenvalue weighted by atomic mass is 16.6. The minimum absolute atomic E-state index is 0.0937. The van der Waals surface area contributed by atoms with E-state index >= 15 is 0 Å². The number of benzene rings is 2. The molecular weight excluding hydrogens is 328 g/mol. The Labute approximate surface area is 155 Å². The zero-order valence-electron chi connectivity index (χ0n) is 15.8. The van der Waals surface area contributed by atoms with E-state index in [1.54, 1.807) is 24.3 Å². The summed E-state index contributed by atoms with van der Waals surface area (Å²) in [6.07, 6.45) is 0.343. The van der Waals surface area contributed by atoms with Crippen LogP contribution in [-0.4, -0.2) is 24.6 Å². The second-order valence-corrected chi connectivity index (χ2v) is 6.66. The van der Waals surface area contributed by atoms with E-state index < -0.39 is 0 Å². The molecule has 2 aromatic carbocycles. The van der Waals surface area contributed by atoms with Crippen LogP contribution in [0.2, 0.25) is 0 Å². The summed E-state index contributed by atoms with van der Waals surface area (Å²) in [5.41, 5.74) is 3.22. The average molecular weight is 354 g/mol. The van der Waals surface area contributed by atoms with E-state index in [4.69, 9.17) is 9.47 Å². The van der Waals surface area contributed by atoms with E-state index in [9.17, 15) is 9.59 Å². The van der Waals surface area contributed by atoms with Crippen molar-refractivity contribution >= 4 is 11.9 Å². The predicted octanol–water partition coefficient (Wildman–Crippen LogP) is 4.73. The van der Waals surface area contributed by atoms with Gasteiger partial charge < -0.3 is 9.47 Å². The first kappa shape index (κ1) is 19.7. The molecule has 0 aliphatic rings. The Kier molecular flexibility index (Phi) is 6.96. The van der Waals surface area contributed by atoms with E-state index in [0.29, 0.717) is 17.5 Å². The van der Waals surface area contributed by atoms with Gasteiger partial charge in [0, 0.05) is 5.92 Å². The summed E-state index contributed by atoms with van der Waals surface area (Å²) >= 11 is 0. The first-order chi connectivity index (χ1) is 12.4. The fourth-order valence-corrected chi connectivity index (χ4v) is 2.58. The molecule has 0 aliphatic heterocycles. The minimum Gasteiger partial charge on any atom is -0.462 e. The summed E-state index contributed by atoms with van der Waals surface area (Å²) in [6, 6.07) is 14.5. The van der Waals surface area contributed by atoms with Crippen LogP contribution in [0.15, 0.2) is 48.5 Å². The lowest BCUT2D eigenvalue weighted by atomic mass is 10.0. The number of hydrogen-bond donors (Lipinski definition) is 0. The third-order valence-electron chi connectivity index (χ3n) is 4.35. The van der Waals surface area contributed by atoms with Crippen LogP contribution in [0.3, 0.4) is 0 Å². The normalized spacial score (nSPS) is 12.9. The van der Waals surface area contributed by atoms with Crippen LogP contribution in [0, 0.1) is 19.8 Å².